The van der Waals surface area contributed by atoms with Crippen LogP contribution in [0.4, 0.5) is 5.69 Å². The zero-order chi connectivity index (χ0) is 26.7. The van der Waals surface area contributed by atoms with Gasteiger partial charge in [-0.3, -0.25) is 13.9 Å². The molecule has 2 aromatic rings. The highest BCUT2D eigenvalue weighted by atomic mass is 35.5. The molecule has 10 heteroatoms. The van der Waals surface area contributed by atoms with Gasteiger partial charge in [0, 0.05) is 31.1 Å². The lowest BCUT2D eigenvalue weighted by molar-refractivity contribution is -0.141. The van der Waals surface area contributed by atoms with E-state index in [2.05, 4.69) is 5.32 Å². The molecule has 0 unspecified atom stereocenters. The van der Waals surface area contributed by atoms with E-state index in [1.54, 1.807) is 36.4 Å². The third kappa shape index (κ3) is 8.41. The van der Waals surface area contributed by atoms with Crippen LogP contribution in [0.2, 0.25) is 5.02 Å². The third-order valence-corrected chi connectivity index (χ3v) is 7.19. The van der Waals surface area contributed by atoms with Crippen molar-refractivity contribution in [2.45, 2.75) is 52.6 Å². The van der Waals surface area contributed by atoms with E-state index < -0.39 is 16.1 Å². The fraction of sp³-hybridized carbons (Fsp3) is 0.462. The van der Waals surface area contributed by atoms with E-state index in [9.17, 15) is 18.0 Å². The Morgan fingerprint density at radius 2 is 1.72 bits per heavy atom. The van der Waals surface area contributed by atoms with E-state index in [4.69, 9.17) is 16.3 Å². The molecule has 0 saturated carbocycles. The summed E-state index contributed by atoms with van der Waals surface area (Å²) >= 11 is 6.34. The van der Waals surface area contributed by atoms with Crippen molar-refractivity contribution in [3.8, 4) is 5.75 Å². The fourth-order valence-corrected chi connectivity index (χ4v) is 5.06. The van der Waals surface area contributed by atoms with Crippen LogP contribution >= 0.6 is 11.6 Å². The quantitative estimate of drug-likeness (QED) is 0.389. The van der Waals surface area contributed by atoms with Gasteiger partial charge in [-0.15, -0.1) is 0 Å². The Labute approximate surface area is 219 Å². The number of anilines is 1. The number of sulfonamides is 1. The highest BCUT2D eigenvalue weighted by molar-refractivity contribution is 7.92. The molecule has 0 fully saturated rings. The normalized spacial score (nSPS) is 12.0. The molecule has 8 nitrogen and oxygen atoms in total. The van der Waals surface area contributed by atoms with Crippen molar-refractivity contribution in [2.24, 2.45) is 0 Å². The van der Waals surface area contributed by atoms with E-state index in [0.29, 0.717) is 36.0 Å². The van der Waals surface area contributed by atoms with Gasteiger partial charge in [-0.2, -0.15) is 0 Å². The van der Waals surface area contributed by atoms with Crippen LogP contribution in [0.1, 0.15) is 45.6 Å². The van der Waals surface area contributed by atoms with Crippen molar-refractivity contribution in [3.05, 3.63) is 59.1 Å². The Balaban J connectivity index is 2.19. The molecule has 0 aliphatic carbocycles. The molecule has 0 bridgehead atoms. The average Bonchev–Trinajstić information content (AvgIpc) is 2.83. The molecule has 1 atom stereocenters. The van der Waals surface area contributed by atoms with E-state index in [0.717, 1.165) is 11.8 Å². The minimum atomic E-state index is -3.57. The Morgan fingerprint density at radius 1 is 1.06 bits per heavy atom. The van der Waals surface area contributed by atoms with Gasteiger partial charge in [0.05, 0.1) is 18.6 Å². The van der Waals surface area contributed by atoms with Crippen molar-refractivity contribution in [1.82, 2.24) is 10.2 Å². The molecular weight excluding hydrogens is 502 g/mol. The summed E-state index contributed by atoms with van der Waals surface area (Å²) in [7, 11) is -3.57. The van der Waals surface area contributed by atoms with E-state index >= 15 is 0 Å². The van der Waals surface area contributed by atoms with Crippen LogP contribution < -0.4 is 14.4 Å². The molecular formula is C26H36ClN3O5S. The number of ether oxygens (including phenoxy) is 1. The van der Waals surface area contributed by atoms with Gasteiger partial charge in [0.25, 0.3) is 0 Å². The number of amides is 2. The third-order valence-electron chi connectivity index (χ3n) is 5.62. The largest absolute Gasteiger partial charge is 0.494 e. The maximum Gasteiger partial charge on any atom is 0.242 e. The van der Waals surface area contributed by atoms with Crippen molar-refractivity contribution < 1.29 is 22.7 Å². The minimum Gasteiger partial charge on any atom is -0.494 e. The number of nitrogens with one attached hydrogen (secondary N) is 1. The molecule has 0 aliphatic rings. The van der Waals surface area contributed by atoms with Gasteiger partial charge >= 0.3 is 0 Å². The van der Waals surface area contributed by atoms with Crippen molar-refractivity contribution in [3.63, 3.8) is 0 Å². The monoisotopic (exact) mass is 537 g/mol. The summed E-state index contributed by atoms with van der Waals surface area (Å²) in [6, 6.07) is 13.3. The Hall–Kier alpha value is -2.78. The summed E-state index contributed by atoms with van der Waals surface area (Å²) in [6.07, 6.45) is 1.92. The van der Waals surface area contributed by atoms with Gasteiger partial charge in [-0.25, -0.2) is 8.42 Å². The maximum absolute atomic E-state index is 13.4. The summed E-state index contributed by atoms with van der Waals surface area (Å²) in [4.78, 5) is 27.6. The number of benzene rings is 2. The highest BCUT2D eigenvalue weighted by Gasteiger charge is 2.29. The number of nitrogens with zero attached hydrogens (tertiary/aromatic N) is 2. The first-order valence-corrected chi connectivity index (χ1v) is 14.4. The predicted octanol–water partition coefficient (Wildman–Crippen LogP) is 4.23. The Kier molecular flexibility index (Phi) is 11.5. The number of carbonyl (C=O) groups excluding carboxylic acids is 2. The lowest BCUT2D eigenvalue weighted by Crippen LogP contribution is -2.49. The molecule has 36 heavy (non-hydrogen) atoms. The zero-order valence-corrected chi connectivity index (χ0v) is 22.9. The summed E-state index contributed by atoms with van der Waals surface area (Å²) < 4.78 is 31.7. The number of hydrogen-bond acceptors (Lipinski definition) is 5. The maximum atomic E-state index is 13.4. The van der Waals surface area contributed by atoms with Crippen LogP contribution in [0.5, 0.6) is 5.75 Å². The lowest BCUT2D eigenvalue weighted by atomic mass is 10.1. The van der Waals surface area contributed by atoms with Gasteiger partial charge in [0.2, 0.25) is 21.8 Å². The molecule has 0 aliphatic heterocycles. The number of likely N-dealkylation sites (N-methyl/N-ethyl adjacent to an activating group) is 1. The standard InChI is InChI=1S/C26H36ClN3O5S/c1-5-24(26(32)28-6-2)29(19-20-11-8-9-12-23(20)27)25(31)13-10-18-30(36(4,33)34)21-14-16-22(17-15-21)35-7-3/h8-9,11-12,14-17,24H,5-7,10,13,18-19H2,1-4H3,(H,28,32)/t24-/m0/s1. The fourth-order valence-electron chi connectivity index (χ4n) is 3.90. The highest BCUT2D eigenvalue weighted by Crippen LogP contribution is 2.23. The molecule has 0 saturated heterocycles. The number of hydrogen-bond donors (Lipinski definition) is 1. The molecule has 0 radical (unpaired) electrons. The van der Waals surface area contributed by atoms with Gasteiger partial charge in [-0.1, -0.05) is 36.7 Å². The summed E-state index contributed by atoms with van der Waals surface area (Å²) in [5, 5.41) is 3.31. The van der Waals surface area contributed by atoms with E-state index in [1.165, 1.54) is 9.21 Å². The molecule has 0 heterocycles. The van der Waals surface area contributed by atoms with Crippen LogP contribution in [0.15, 0.2) is 48.5 Å². The molecule has 2 amide bonds. The summed E-state index contributed by atoms with van der Waals surface area (Å²) in [6.45, 7) is 6.82. The van der Waals surface area contributed by atoms with Crippen molar-refractivity contribution in [1.29, 1.82) is 0 Å². The Morgan fingerprint density at radius 3 is 2.28 bits per heavy atom. The van der Waals surface area contributed by atoms with E-state index in [1.807, 2.05) is 32.9 Å². The molecule has 2 aromatic carbocycles. The molecule has 198 valence electrons. The number of halogens is 1. The average molecular weight is 538 g/mol. The van der Waals surface area contributed by atoms with Crippen LogP contribution in [-0.4, -0.2) is 57.1 Å². The molecule has 1 N–H and O–H groups in total. The summed E-state index contributed by atoms with van der Waals surface area (Å²) in [5.41, 5.74) is 1.23. The smallest absolute Gasteiger partial charge is 0.242 e. The molecule has 0 aromatic heterocycles. The van der Waals surface area contributed by atoms with Crippen molar-refractivity contribution >= 4 is 39.1 Å². The lowest BCUT2D eigenvalue weighted by Gasteiger charge is -2.31. The zero-order valence-electron chi connectivity index (χ0n) is 21.4. The van der Waals surface area contributed by atoms with Crippen LogP contribution in [0, 0.1) is 0 Å². The first kappa shape index (κ1) is 29.5. The first-order chi connectivity index (χ1) is 17.1. The van der Waals surface area contributed by atoms with Gasteiger partial charge in [0.15, 0.2) is 0 Å². The number of carbonyl (C=O) groups is 2. The van der Waals surface area contributed by atoms with Crippen LogP contribution in [-0.2, 0) is 26.2 Å². The Bertz CT molecular complexity index is 1110. The second-order valence-corrected chi connectivity index (χ2v) is 10.6. The molecule has 0 spiro atoms. The number of rotatable bonds is 14. The van der Waals surface area contributed by atoms with E-state index in [-0.39, 0.29) is 37.7 Å². The van der Waals surface area contributed by atoms with Crippen molar-refractivity contribution in [2.75, 3.05) is 30.3 Å². The predicted molar refractivity (Wildman–Crippen MR) is 144 cm³/mol. The van der Waals surface area contributed by atoms with Gasteiger partial charge < -0.3 is 15.0 Å². The summed E-state index contributed by atoms with van der Waals surface area (Å²) in [5.74, 6) is 0.178. The first-order valence-electron chi connectivity index (χ1n) is 12.1. The second-order valence-electron chi connectivity index (χ2n) is 8.30. The minimum absolute atomic E-state index is 0.0728. The van der Waals surface area contributed by atoms with Gasteiger partial charge in [0.1, 0.15) is 11.8 Å². The van der Waals surface area contributed by atoms with Gasteiger partial charge in [-0.05, 0) is 62.6 Å². The topological polar surface area (TPSA) is 96.0 Å². The SMILES string of the molecule is CCNC(=O)[C@H](CC)N(Cc1ccccc1Cl)C(=O)CCCN(c1ccc(OCC)cc1)S(C)(=O)=O. The van der Waals surface area contributed by atoms with Crippen LogP contribution in [0.3, 0.4) is 0 Å². The second kappa shape index (κ2) is 14.1. The van der Waals surface area contributed by atoms with Crippen LogP contribution in [0.25, 0.3) is 0 Å². The molecule has 2 rings (SSSR count).